The Hall–Kier alpha value is -3.34. The topological polar surface area (TPSA) is 59.9 Å². The van der Waals surface area contributed by atoms with Gasteiger partial charge in [-0.05, 0) is 41.5 Å². The molecule has 0 saturated carbocycles. The number of hydrogen-bond donors (Lipinski definition) is 1. The molecule has 0 bridgehead atoms. The number of benzene rings is 3. The van der Waals surface area contributed by atoms with Gasteiger partial charge < -0.3 is 9.47 Å². The van der Waals surface area contributed by atoms with Crippen LogP contribution in [0, 0.1) is 0 Å². The average Bonchev–Trinajstić information content (AvgIpc) is 2.71. The molecule has 0 saturated heterocycles. The summed E-state index contributed by atoms with van der Waals surface area (Å²) in [5, 5.41) is 6.51. The van der Waals surface area contributed by atoms with E-state index in [1.165, 1.54) is 5.39 Å². The van der Waals surface area contributed by atoms with Gasteiger partial charge in [0.05, 0.1) is 5.71 Å². The predicted molar refractivity (Wildman–Crippen MR) is 101 cm³/mol. The van der Waals surface area contributed by atoms with E-state index in [0.29, 0.717) is 11.5 Å². The molecule has 130 valence electrons. The van der Waals surface area contributed by atoms with Gasteiger partial charge in [-0.3, -0.25) is 4.79 Å². The summed E-state index contributed by atoms with van der Waals surface area (Å²) in [5.41, 5.74) is 4.25. The number of rotatable bonds is 3. The maximum absolute atomic E-state index is 12.3. The van der Waals surface area contributed by atoms with Crippen LogP contribution in [-0.2, 0) is 4.79 Å². The van der Waals surface area contributed by atoms with Crippen molar-refractivity contribution in [3.63, 3.8) is 0 Å². The molecular weight excluding hydrogens is 328 g/mol. The maximum Gasteiger partial charge on any atom is 0.284 e. The van der Waals surface area contributed by atoms with Crippen molar-refractivity contribution in [1.82, 2.24) is 5.43 Å². The summed E-state index contributed by atoms with van der Waals surface area (Å²) in [4.78, 5) is 12.3. The predicted octanol–water partition coefficient (Wildman–Crippen LogP) is 3.52. The van der Waals surface area contributed by atoms with E-state index in [1.807, 2.05) is 49.4 Å². The summed E-state index contributed by atoms with van der Waals surface area (Å²) in [7, 11) is 0. The highest BCUT2D eigenvalue weighted by Gasteiger charge is 2.27. The molecular formula is C21H18N2O3. The summed E-state index contributed by atoms with van der Waals surface area (Å²) in [6.45, 7) is 2.02. The molecule has 0 fully saturated rings. The smallest absolute Gasteiger partial charge is 0.284 e. The molecule has 0 spiro atoms. The molecule has 0 aromatic heterocycles. The van der Waals surface area contributed by atoms with E-state index in [2.05, 4.69) is 28.7 Å². The Bertz CT molecular complexity index is 997. The van der Waals surface area contributed by atoms with Gasteiger partial charge in [-0.15, -0.1) is 0 Å². The number of para-hydroxylation sites is 2. The van der Waals surface area contributed by atoms with Crippen LogP contribution in [0.25, 0.3) is 10.8 Å². The Morgan fingerprint density at radius 2 is 1.73 bits per heavy atom. The van der Waals surface area contributed by atoms with Crippen molar-refractivity contribution in [2.45, 2.75) is 13.0 Å². The quantitative estimate of drug-likeness (QED) is 0.583. The van der Waals surface area contributed by atoms with Crippen LogP contribution in [-0.4, -0.2) is 24.3 Å². The lowest BCUT2D eigenvalue weighted by Crippen LogP contribution is -2.42. The number of nitrogens with one attached hydrogen (secondary N) is 1. The second-order valence-electron chi connectivity index (χ2n) is 6.10. The van der Waals surface area contributed by atoms with Crippen molar-refractivity contribution in [2.75, 3.05) is 6.61 Å². The fourth-order valence-electron chi connectivity index (χ4n) is 2.84. The van der Waals surface area contributed by atoms with E-state index in [0.717, 1.165) is 16.7 Å². The second-order valence-corrected chi connectivity index (χ2v) is 6.10. The molecule has 1 aliphatic rings. The minimum atomic E-state index is -0.724. The molecule has 1 N–H and O–H groups in total. The second kappa shape index (κ2) is 6.88. The van der Waals surface area contributed by atoms with Gasteiger partial charge in [0.25, 0.3) is 5.91 Å². The van der Waals surface area contributed by atoms with Gasteiger partial charge in [0, 0.05) is 0 Å². The van der Waals surface area contributed by atoms with Gasteiger partial charge in [-0.1, -0.05) is 48.5 Å². The Labute approximate surface area is 151 Å². The summed E-state index contributed by atoms with van der Waals surface area (Å²) < 4.78 is 11.2. The van der Waals surface area contributed by atoms with E-state index in [4.69, 9.17) is 9.47 Å². The SMILES string of the molecule is C/C(=N/NC(=O)[C@H]1COc2ccccc2O1)c1ccc2ccccc2c1. The molecule has 0 radical (unpaired) electrons. The normalized spacial score (nSPS) is 16.3. The number of ether oxygens (including phenoxy) is 2. The van der Waals surface area contributed by atoms with Crippen LogP contribution < -0.4 is 14.9 Å². The highest BCUT2D eigenvalue weighted by Crippen LogP contribution is 2.30. The fourth-order valence-corrected chi connectivity index (χ4v) is 2.84. The third kappa shape index (κ3) is 3.24. The molecule has 0 unspecified atom stereocenters. The van der Waals surface area contributed by atoms with Crippen molar-refractivity contribution >= 4 is 22.4 Å². The molecule has 1 heterocycles. The zero-order chi connectivity index (χ0) is 17.9. The van der Waals surface area contributed by atoms with Crippen LogP contribution in [0.15, 0.2) is 71.8 Å². The van der Waals surface area contributed by atoms with Crippen LogP contribution in [0.3, 0.4) is 0 Å². The van der Waals surface area contributed by atoms with Gasteiger partial charge in [-0.2, -0.15) is 5.10 Å². The minimum Gasteiger partial charge on any atom is -0.485 e. The molecule has 4 rings (SSSR count). The lowest BCUT2D eigenvalue weighted by Gasteiger charge is -2.24. The molecule has 3 aromatic rings. The first-order valence-electron chi connectivity index (χ1n) is 8.42. The highest BCUT2D eigenvalue weighted by molar-refractivity contribution is 6.02. The van der Waals surface area contributed by atoms with Crippen molar-refractivity contribution in [1.29, 1.82) is 0 Å². The van der Waals surface area contributed by atoms with E-state index >= 15 is 0 Å². The van der Waals surface area contributed by atoms with Crippen molar-refractivity contribution < 1.29 is 14.3 Å². The first-order chi connectivity index (χ1) is 12.7. The number of nitrogens with zero attached hydrogens (tertiary/aromatic N) is 1. The molecule has 1 aliphatic heterocycles. The third-order valence-electron chi connectivity index (χ3n) is 4.30. The highest BCUT2D eigenvalue weighted by atomic mass is 16.6. The first-order valence-corrected chi connectivity index (χ1v) is 8.42. The standard InChI is InChI=1S/C21H18N2O3/c1-14(16-11-10-15-6-2-3-7-17(15)12-16)22-23-21(24)20-13-25-18-8-4-5-9-19(18)26-20/h2-12,20H,13H2,1H3,(H,23,24)/b22-14-/t20-/m1/s1. The number of hydrogen-bond acceptors (Lipinski definition) is 4. The summed E-state index contributed by atoms with van der Waals surface area (Å²) in [6, 6.07) is 21.5. The average molecular weight is 346 g/mol. The summed E-state index contributed by atoms with van der Waals surface area (Å²) in [5.74, 6) is 0.876. The van der Waals surface area contributed by atoms with Gasteiger partial charge in [0.15, 0.2) is 11.5 Å². The number of hydrazone groups is 1. The number of amides is 1. The molecule has 5 heteroatoms. The summed E-state index contributed by atoms with van der Waals surface area (Å²) in [6.07, 6.45) is -0.724. The minimum absolute atomic E-state index is 0.160. The maximum atomic E-state index is 12.3. The fraction of sp³-hybridized carbons (Fsp3) is 0.143. The summed E-state index contributed by atoms with van der Waals surface area (Å²) >= 11 is 0. The molecule has 1 atom stereocenters. The molecule has 1 amide bonds. The zero-order valence-corrected chi connectivity index (χ0v) is 14.3. The van der Waals surface area contributed by atoms with Gasteiger partial charge in [0.1, 0.15) is 6.61 Å². The van der Waals surface area contributed by atoms with Crippen LogP contribution in [0.4, 0.5) is 0 Å². The van der Waals surface area contributed by atoms with Crippen LogP contribution in [0.5, 0.6) is 11.5 Å². The van der Waals surface area contributed by atoms with Crippen LogP contribution in [0.1, 0.15) is 12.5 Å². The van der Waals surface area contributed by atoms with Crippen LogP contribution in [0.2, 0.25) is 0 Å². The first kappa shape index (κ1) is 16.1. The third-order valence-corrected chi connectivity index (χ3v) is 4.30. The van der Waals surface area contributed by atoms with E-state index in [-0.39, 0.29) is 12.5 Å². The van der Waals surface area contributed by atoms with Crippen molar-refractivity contribution in [2.24, 2.45) is 5.10 Å². The van der Waals surface area contributed by atoms with Crippen molar-refractivity contribution in [3.05, 3.63) is 72.3 Å². The van der Waals surface area contributed by atoms with Gasteiger partial charge in [-0.25, -0.2) is 5.43 Å². The molecule has 3 aromatic carbocycles. The number of fused-ring (bicyclic) bond motifs is 2. The Balaban J connectivity index is 1.45. The number of carbonyl (C=O) groups is 1. The monoisotopic (exact) mass is 346 g/mol. The zero-order valence-electron chi connectivity index (χ0n) is 14.3. The van der Waals surface area contributed by atoms with Crippen molar-refractivity contribution in [3.8, 4) is 11.5 Å². The lowest BCUT2D eigenvalue weighted by atomic mass is 10.0. The van der Waals surface area contributed by atoms with E-state index in [1.54, 1.807) is 6.07 Å². The Kier molecular flexibility index (Phi) is 4.27. The Morgan fingerprint density at radius 1 is 1.00 bits per heavy atom. The Morgan fingerprint density at radius 3 is 2.58 bits per heavy atom. The van der Waals surface area contributed by atoms with Crippen LogP contribution >= 0.6 is 0 Å². The largest absolute Gasteiger partial charge is 0.485 e. The molecule has 0 aliphatic carbocycles. The number of carbonyl (C=O) groups excluding carboxylic acids is 1. The lowest BCUT2D eigenvalue weighted by molar-refractivity contribution is -0.130. The van der Waals surface area contributed by atoms with Gasteiger partial charge in [0.2, 0.25) is 6.10 Å². The van der Waals surface area contributed by atoms with E-state index < -0.39 is 6.10 Å². The van der Waals surface area contributed by atoms with E-state index in [9.17, 15) is 4.79 Å². The van der Waals surface area contributed by atoms with Gasteiger partial charge >= 0.3 is 0 Å². The molecule has 26 heavy (non-hydrogen) atoms. The molecule has 5 nitrogen and oxygen atoms in total.